The molecule has 0 N–H and O–H groups in total. The molecule has 2 aromatic rings. The van der Waals surface area contributed by atoms with Crippen LogP contribution in [0.1, 0.15) is 10.1 Å². The first kappa shape index (κ1) is 13.2. The van der Waals surface area contributed by atoms with Crippen LogP contribution < -0.4 is 5.63 Å². The molecular weight excluding hydrogens is 300 g/mol. The van der Waals surface area contributed by atoms with E-state index in [0.29, 0.717) is 10.8 Å². The van der Waals surface area contributed by atoms with Crippen molar-refractivity contribution in [1.29, 1.82) is 0 Å². The highest BCUT2D eigenvalue weighted by Crippen LogP contribution is 2.44. The van der Waals surface area contributed by atoms with Gasteiger partial charge in [0.15, 0.2) is 0 Å². The Hall–Kier alpha value is -0.840. The third-order valence-corrected chi connectivity index (χ3v) is 6.18. The lowest BCUT2D eigenvalue weighted by Gasteiger charge is -2.07. The highest BCUT2D eigenvalue weighted by molar-refractivity contribution is 8.19. The molecule has 0 spiro atoms. The van der Waals surface area contributed by atoms with Crippen molar-refractivity contribution in [2.75, 3.05) is 11.5 Å². The van der Waals surface area contributed by atoms with Crippen LogP contribution in [0.2, 0.25) is 5.02 Å². The summed E-state index contributed by atoms with van der Waals surface area (Å²) in [5.74, 6) is 2.76. The fraction of sp³-hybridized carbons (Fsp3) is 0.214. The van der Waals surface area contributed by atoms with Crippen LogP contribution in [0.5, 0.6) is 0 Å². The van der Waals surface area contributed by atoms with E-state index in [2.05, 4.69) is 0 Å². The van der Waals surface area contributed by atoms with Crippen molar-refractivity contribution >= 4 is 35.1 Å². The van der Waals surface area contributed by atoms with Crippen molar-refractivity contribution in [3.8, 4) is 11.3 Å². The molecule has 1 aromatic carbocycles. The minimum Gasteiger partial charge on any atom is -0.422 e. The summed E-state index contributed by atoms with van der Waals surface area (Å²) in [6, 6.07) is 11.0. The third kappa shape index (κ3) is 2.86. The van der Waals surface area contributed by atoms with Crippen molar-refractivity contribution in [3.63, 3.8) is 0 Å². The first-order chi connectivity index (χ1) is 9.24. The van der Waals surface area contributed by atoms with Gasteiger partial charge in [-0.3, -0.25) is 0 Å². The van der Waals surface area contributed by atoms with Crippen LogP contribution in [0, 0.1) is 0 Å². The van der Waals surface area contributed by atoms with Gasteiger partial charge in [-0.25, -0.2) is 4.79 Å². The zero-order valence-corrected chi connectivity index (χ0v) is 12.4. The van der Waals surface area contributed by atoms with Gasteiger partial charge < -0.3 is 4.42 Å². The maximum atomic E-state index is 12.0. The van der Waals surface area contributed by atoms with E-state index >= 15 is 0 Å². The van der Waals surface area contributed by atoms with E-state index in [4.69, 9.17) is 16.0 Å². The fourth-order valence-electron chi connectivity index (χ4n) is 1.91. The van der Waals surface area contributed by atoms with Crippen LogP contribution in [0.3, 0.4) is 0 Å². The second-order valence-electron chi connectivity index (χ2n) is 4.12. The molecule has 0 unspecified atom stereocenters. The van der Waals surface area contributed by atoms with E-state index in [9.17, 15) is 4.79 Å². The molecule has 2 heterocycles. The summed E-state index contributed by atoms with van der Waals surface area (Å²) < 4.78 is 5.64. The van der Waals surface area contributed by atoms with Crippen LogP contribution in [0.25, 0.3) is 11.3 Å². The Kier molecular flexibility index (Phi) is 3.91. The average Bonchev–Trinajstić information content (AvgIpc) is 2.93. The van der Waals surface area contributed by atoms with Gasteiger partial charge in [0.25, 0.3) is 0 Å². The van der Waals surface area contributed by atoms with Crippen LogP contribution >= 0.6 is 35.1 Å². The summed E-state index contributed by atoms with van der Waals surface area (Å²) in [5, 5.41) is 0.668. The molecular formula is C14H11ClO2S2. The average molecular weight is 311 g/mol. The molecule has 0 amide bonds. The van der Waals surface area contributed by atoms with Crippen LogP contribution in [0.4, 0.5) is 0 Å². The number of rotatable bonds is 2. The Bertz CT molecular complexity index is 631. The highest BCUT2D eigenvalue weighted by atomic mass is 35.5. The molecule has 1 aliphatic heterocycles. The first-order valence-electron chi connectivity index (χ1n) is 5.87. The van der Waals surface area contributed by atoms with Crippen LogP contribution in [-0.2, 0) is 0 Å². The van der Waals surface area contributed by atoms with Crippen molar-refractivity contribution < 1.29 is 4.42 Å². The fourth-order valence-corrected chi connectivity index (χ4v) is 4.90. The molecule has 0 atom stereocenters. The topological polar surface area (TPSA) is 30.2 Å². The van der Waals surface area contributed by atoms with Crippen molar-refractivity contribution in [2.45, 2.75) is 4.58 Å². The lowest BCUT2D eigenvalue weighted by molar-refractivity contribution is 0.519. The van der Waals surface area contributed by atoms with Gasteiger partial charge in [0.1, 0.15) is 5.76 Å². The van der Waals surface area contributed by atoms with E-state index in [1.165, 1.54) is 0 Å². The van der Waals surface area contributed by atoms with E-state index < -0.39 is 0 Å². The summed E-state index contributed by atoms with van der Waals surface area (Å²) in [6.45, 7) is 0. The molecule has 0 saturated carbocycles. The minimum atomic E-state index is -0.237. The molecule has 1 saturated heterocycles. The van der Waals surface area contributed by atoms with E-state index in [1.54, 1.807) is 35.7 Å². The molecule has 0 radical (unpaired) electrons. The SMILES string of the molecule is O=c1oc(-c2ccc(Cl)cc2)ccc1C1SCCS1. The predicted octanol–water partition coefficient (Wildman–Crippen LogP) is 4.44. The first-order valence-corrected chi connectivity index (χ1v) is 8.35. The monoisotopic (exact) mass is 310 g/mol. The van der Waals surface area contributed by atoms with Gasteiger partial charge in [-0.15, -0.1) is 23.5 Å². The van der Waals surface area contributed by atoms with Crippen LogP contribution in [-0.4, -0.2) is 11.5 Å². The van der Waals surface area contributed by atoms with Crippen LogP contribution in [0.15, 0.2) is 45.6 Å². The van der Waals surface area contributed by atoms with Gasteiger partial charge in [-0.2, -0.15) is 0 Å². The van der Waals surface area contributed by atoms with E-state index in [1.807, 2.05) is 24.3 Å². The standard InChI is InChI=1S/C14H11ClO2S2/c15-10-3-1-9(2-4-10)12-6-5-11(13(16)17-12)14-18-7-8-19-14/h1-6,14H,7-8H2. The summed E-state index contributed by atoms with van der Waals surface area (Å²) in [5.41, 5.74) is 1.38. The number of hydrogen-bond acceptors (Lipinski definition) is 4. The molecule has 1 fully saturated rings. The molecule has 0 bridgehead atoms. The van der Waals surface area contributed by atoms with Crippen molar-refractivity contribution in [3.05, 3.63) is 57.4 Å². The molecule has 3 rings (SSSR count). The smallest absolute Gasteiger partial charge is 0.341 e. The number of hydrogen-bond donors (Lipinski definition) is 0. The summed E-state index contributed by atoms with van der Waals surface area (Å²) in [4.78, 5) is 12.0. The molecule has 2 nitrogen and oxygen atoms in total. The molecule has 5 heteroatoms. The predicted molar refractivity (Wildman–Crippen MR) is 83.1 cm³/mol. The Morgan fingerprint density at radius 3 is 2.37 bits per heavy atom. The Morgan fingerprint density at radius 1 is 1.05 bits per heavy atom. The molecule has 0 aliphatic carbocycles. The van der Waals surface area contributed by atoms with E-state index in [0.717, 1.165) is 22.6 Å². The minimum absolute atomic E-state index is 0.218. The second kappa shape index (κ2) is 5.65. The zero-order valence-electron chi connectivity index (χ0n) is 9.97. The van der Waals surface area contributed by atoms with E-state index in [-0.39, 0.29) is 10.2 Å². The number of halogens is 1. The maximum absolute atomic E-state index is 12.0. The second-order valence-corrected chi connectivity index (χ2v) is 7.28. The summed E-state index contributed by atoms with van der Waals surface area (Å²) in [7, 11) is 0. The van der Waals surface area contributed by atoms with Crippen molar-refractivity contribution in [1.82, 2.24) is 0 Å². The number of benzene rings is 1. The maximum Gasteiger partial charge on any atom is 0.341 e. The lowest BCUT2D eigenvalue weighted by Crippen LogP contribution is -2.07. The van der Waals surface area contributed by atoms with Gasteiger partial charge in [0.2, 0.25) is 0 Å². The molecule has 98 valence electrons. The molecule has 1 aliphatic rings. The lowest BCUT2D eigenvalue weighted by atomic mass is 10.1. The zero-order chi connectivity index (χ0) is 13.2. The summed E-state index contributed by atoms with van der Waals surface area (Å²) in [6.07, 6.45) is 0. The molecule has 19 heavy (non-hydrogen) atoms. The van der Waals surface area contributed by atoms with Gasteiger partial charge >= 0.3 is 5.63 Å². The third-order valence-electron chi connectivity index (χ3n) is 2.86. The Balaban J connectivity index is 1.94. The number of thioether (sulfide) groups is 2. The Labute approximate surface area is 124 Å². The van der Waals surface area contributed by atoms with Gasteiger partial charge in [-0.05, 0) is 36.4 Å². The Morgan fingerprint density at radius 2 is 1.74 bits per heavy atom. The van der Waals surface area contributed by atoms with Gasteiger partial charge in [-0.1, -0.05) is 11.6 Å². The molecule has 1 aromatic heterocycles. The highest BCUT2D eigenvalue weighted by Gasteiger charge is 2.22. The van der Waals surface area contributed by atoms with Gasteiger partial charge in [0.05, 0.1) is 10.1 Å². The quantitative estimate of drug-likeness (QED) is 0.820. The van der Waals surface area contributed by atoms with Gasteiger partial charge in [0, 0.05) is 22.1 Å². The summed E-state index contributed by atoms with van der Waals surface area (Å²) >= 11 is 9.44. The largest absolute Gasteiger partial charge is 0.422 e. The normalized spacial score (nSPS) is 15.8. The van der Waals surface area contributed by atoms with Crippen molar-refractivity contribution in [2.24, 2.45) is 0 Å².